The molecular weight excluding hydrogens is 161 g/mol. The molecule has 0 saturated heterocycles. The second kappa shape index (κ2) is 2.27. The average molecular weight is 167 g/mol. The number of halogens is 1. The summed E-state index contributed by atoms with van der Waals surface area (Å²) in [5.41, 5.74) is 1.82. The van der Waals surface area contributed by atoms with Crippen molar-refractivity contribution in [1.29, 1.82) is 0 Å². The van der Waals surface area contributed by atoms with Crippen LogP contribution in [0.1, 0.15) is 5.56 Å². The van der Waals surface area contributed by atoms with Crippen molar-refractivity contribution in [2.24, 2.45) is 0 Å². The summed E-state index contributed by atoms with van der Waals surface area (Å²) in [6.45, 7) is 1.93. The van der Waals surface area contributed by atoms with E-state index in [0.29, 0.717) is 0 Å². The summed E-state index contributed by atoms with van der Waals surface area (Å²) in [4.78, 5) is 3.76. The Labute approximate surface area is 67.5 Å². The van der Waals surface area contributed by atoms with E-state index in [4.69, 9.17) is 0 Å². The molecule has 0 aliphatic heterocycles. The van der Waals surface area contributed by atoms with Crippen molar-refractivity contribution < 1.29 is 4.39 Å². The first-order valence-corrected chi connectivity index (χ1v) is 4.10. The van der Waals surface area contributed by atoms with E-state index >= 15 is 0 Å². The lowest BCUT2D eigenvalue weighted by atomic mass is 10.2. The maximum Gasteiger partial charge on any atom is 0.270 e. The normalized spacial score (nSPS) is 10.7. The molecule has 2 rings (SSSR count). The number of aromatic nitrogens is 1. The van der Waals surface area contributed by atoms with Crippen molar-refractivity contribution in [3.63, 3.8) is 0 Å². The minimum Gasteiger partial charge on any atom is -0.209 e. The number of nitrogens with zero attached hydrogens (tertiary/aromatic N) is 1. The molecule has 0 unspecified atom stereocenters. The number of fused-ring (bicyclic) bond motifs is 1. The molecule has 1 aromatic carbocycles. The van der Waals surface area contributed by atoms with Crippen LogP contribution in [0.5, 0.6) is 0 Å². The predicted octanol–water partition coefficient (Wildman–Crippen LogP) is 2.74. The van der Waals surface area contributed by atoms with E-state index in [2.05, 4.69) is 4.98 Å². The summed E-state index contributed by atoms with van der Waals surface area (Å²) in [5.74, 6) is 0. The van der Waals surface area contributed by atoms with Crippen LogP contribution in [0.15, 0.2) is 18.2 Å². The standard InChI is InChI=1S/C8H6FNS/c1-5-3-2-4-6-7(5)10-8(9)11-6/h2-4H,1H3. The lowest BCUT2D eigenvalue weighted by molar-refractivity contribution is 0.620. The quantitative estimate of drug-likeness (QED) is 0.588. The molecule has 0 fully saturated rings. The molecule has 0 bridgehead atoms. The first-order chi connectivity index (χ1) is 5.27. The highest BCUT2D eigenvalue weighted by molar-refractivity contribution is 7.17. The lowest BCUT2D eigenvalue weighted by Gasteiger charge is -1.89. The molecule has 1 heterocycles. The summed E-state index contributed by atoms with van der Waals surface area (Å²) in [7, 11) is 0. The number of aryl methyl sites for hydroxylation is 1. The molecule has 11 heavy (non-hydrogen) atoms. The smallest absolute Gasteiger partial charge is 0.209 e. The topological polar surface area (TPSA) is 12.9 Å². The van der Waals surface area contributed by atoms with Crippen LogP contribution >= 0.6 is 11.3 Å². The molecule has 0 saturated carbocycles. The fraction of sp³-hybridized carbons (Fsp3) is 0.125. The van der Waals surface area contributed by atoms with Crippen LogP contribution in [0.2, 0.25) is 0 Å². The first kappa shape index (κ1) is 6.73. The van der Waals surface area contributed by atoms with Crippen LogP contribution in [0.4, 0.5) is 4.39 Å². The molecule has 0 N–H and O–H groups in total. The van der Waals surface area contributed by atoms with Gasteiger partial charge in [-0.3, -0.25) is 0 Å². The number of para-hydroxylation sites is 1. The average Bonchev–Trinajstić information content (AvgIpc) is 2.31. The minimum absolute atomic E-state index is 0.352. The zero-order chi connectivity index (χ0) is 7.84. The summed E-state index contributed by atoms with van der Waals surface area (Å²) in [6.07, 6.45) is 0. The molecule has 0 aliphatic carbocycles. The van der Waals surface area contributed by atoms with Gasteiger partial charge in [0, 0.05) is 0 Å². The Bertz CT molecular complexity index is 394. The molecular formula is C8H6FNS. The van der Waals surface area contributed by atoms with Gasteiger partial charge in [-0.05, 0) is 18.6 Å². The van der Waals surface area contributed by atoms with E-state index in [1.807, 2.05) is 25.1 Å². The third-order valence-electron chi connectivity index (χ3n) is 1.59. The summed E-state index contributed by atoms with van der Waals surface area (Å²) in [5, 5.41) is -0.352. The van der Waals surface area contributed by atoms with E-state index in [0.717, 1.165) is 27.1 Å². The van der Waals surface area contributed by atoms with Gasteiger partial charge in [-0.2, -0.15) is 4.39 Å². The molecule has 0 spiro atoms. The van der Waals surface area contributed by atoms with Crippen molar-refractivity contribution in [3.05, 3.63) is 29.0 Å². The van der Waals surface area contributed by atoms with Crippen molar-refractivity contribution in [2.75, 3.05) is 0 Å². The predicted molar refractivity (Wildman–Crippen MR) is 44.3 cm³/mol. The molecule has 0 aliphatic rings. The van der Waals surface area contributed by atoms with Crippen LogP contribution < -0.4 is 0 Å². The Morgan fingerprint density at radius 2 is 2.27 bits per heavy atom. The van der Waals surface area contributed by atoms with Gasteiger partial charge in [0.1, 0.15) is 0 Å². The highest BCUT2D eigenvalue weighted by Crippen LogP contribution is 2.22. The summed E-state index contributed by atoms with van der Waals surface area (Å²) < 4.78 is 13.5. The fourth-order valence-electron chi connectivity index (χ4n) is 1.06. The van der Waals surface area contributed by atoms with Crippen LogP contribution in [0, 0.1) is 12.2 Å². The second-order valence-electron chi connectivity index (χ2n) is 2.39. The zero-order valence-electron chi connectivity index (χ0n) is 5.97. The summed E-state index contributed by atoms with van der Waals surface area (Å²) in [6, 6.07) is 5.72. The van der Waals surface area contributed by atoms with Gasteiger partial charge in [0.05, 0.1) is 10.2 Å². The van der Waals surface area contributed by atoms with E-state index < -0.39 is 0 Å². The third-order valence-corrected chi connectivity index (χ3v) is 2.40. The van der Waals surface area contributed by atoms with Gasteiger partial charge in [0.15, 0.2) is 0 Å². The molecule has 1 aromatic heterocycles. The van der Waals surface area contributed by atoms with Gasteiger partial charge >= 0.3 is 0 Å². The SMILES string of the molecule is Cc1cccc2sc(F)nc12. The van der Waals surface area contributed by atoms with Gasteiger partial charge < -0.3 is 0 Å². The monoisotopic (exact) mass is 167 g/mol. The van der Waals surface area contributed by atoms with Gasteiger partial charge in [-0.1, -0.05) is 23.5 Å². The molecule has 0 amide bonds. The molecule has 56 valence electrons. The molecule has 1 nitrogen and oxygen atoms in total. The highest BCUT2D eigenvalue weighted by atomic mass is 32.1. The van der Waals surface area contributed by atoms with E-state index in [-0.39, 0.29) is 5.26 Å². The van der Waals surface area contributed by atoms with Crippen molar-refractivity contribution >= 4 is 21.6 Å². The Hall–Kier alpha value is -0.960. The zero-order valence-corrected chi connectivity index (χ0v) is 6.78. The Balaban J connectivity index is 2.90. The Morgan fingerprint density at radius 3 is 3.00 bits per heavy atom. The van der Waals surface area contributed by atoms with Crippen molar-refractivity contribution in [2.45, 2.75) is 6.92 Å². The molecule has 2 aromatic rings. The first-order valence-electron chi connectivity index (χ1n) is 3.29. The Morgan fingerprint density at radius 1 is 1.45 bits per heavy atom. The highest BCUT2D eigenvalue weighted by Gasteiger charge is 2.03. The van der Waals surface area contributed by atoms with E-state index in [9.17, 15) is 4.39 Å². The number of rotatable bonds is 0. The molecule has 3 heteroatoms. The lowest BCUT2D eigenvalue weighted by Crippen LogP contribution is -1.74. The van der Waals surface area contributed by atoms with Gasteiger partial charge in [0.2, 0.25) is 0 Å². The number of thiazole rings is 1. The fourth-order valence-corrected chi connectivity index (χ4v) is 1.83. The largest absolute Gasteiger partial charge is 0.270 e. The number of hydrogen-bond donors (Lipinski definition) is 0. The second-order valence-corrected chi connectivity index (χ2v) is 3.37. The number of hydrogen-bond acceptors (Lipinski definition) is 2. The van der Waals surface area contributed by atoms with Gasteiger partial charge in [-0.25, -0.2) is 4.98 Å². The Kier molecular flexibility index (Phi) is 1.39. The molecule has 0 radical (unpaired) electrons. The maximum absolute atomic E-state index is 12.6. The van der Waals surface area contributed by atoms with Crippen LogP contribution in [0.25, 0.3) is 10.2 Å². The molecule has 0 atom stereocenters. The van der Waals surface area contributed by atoms with Crippen molar-refractivity contribution in [3.8, 4) is 0 Å². The van der Waals surface area contributed by atoms with Crippen LogP contribution in [-0.2, 0) is 0 Å². The third kappa shape index (κ3) is 1.01. The maximum atomic E-state index is 12.6. The van der Waals surface area contributed by atoms with Crippen molar-refractivity contribution in [1.82, 2.24) is 4.98 Å². The van der Waals surface area contributed by atoms with E-state index in [1.54, 1.807) is 0 Å². The summed E-state index contributed by atoms with van der Waals surface area (Å²) >= 11 is 1.09. The van der Waals surface area contributed by atoms with Crippen LogP contribution in [0.3, 0.4) is 0 Å². The van der Waals surface area contributed by atoms with Crippen LogP contribution in [-0.4, -0.2) is 4.98 Å². The van der Waals surface area contributed by atoms with Gasteiger partial charge in [-0.15, -0.1) is 0 Å². The number of benzene rings is 1. The van der Waals surface area contributed by atoms with E-state index in [1.165, 1.54) is 0 Å². The minimum atomic E-state index is -0.352. The van der Waals surface area contributed by atoms with Gasteiger partial charge in [0.25, 0.3) is 5.26 Å².